The van der Waals surface area contributed by atoms with Gasteiger partial charge in [-0.25, -0.2) is 4.98 Å². The van der Waals surface area contributed by atoms with E-state index in [2.05, 4.69) is 22.1 Å². The van der Waals surface area contributed by atoms with Crippen LogP contribution < -0.4 is 0 Å². The first-order valence-corrected chi connectivity index (χ1v) is 7.92. The minimum atomic E-state index is -0.0189. The highest BCUT2D eigenvalue weighted by molar-refractivity contribution is 6.06. The largest absolute Gasteiger partial charge is 0.463 e. The highest BCUT2D eigenvalue weighted by Crippen LogP contribution is 2.28. The predicted molar refractivity (Wildman–Crippen MR) is 87.6 cm³/mol. The maximum Gasteiger partial charge on any atom is 0.259 e. The Hall–Kier alpha value is -2.67. The molecule has 0 N–H and O–H groups in total. The summed E-state index contributed by atoms with van der Waals surface area (Å²) in [6, 6.07) is 5.36. The van der Waals surface area contributed by atoms with Crippen molar-refractivity contribution in [3.63, 3.8) is 0 Å². The molecule has 0 aliphatic carbocycles. The Labute approximate surface area is 138 Å². The third kappa shape index (κ3) is 2.46. The lowest BCUT2D eigenvalue weighted by molar-refractivity contribution is 0.0666. The van der Waals surface area contributed by atoms with Gasteiger partial charge in [0.2, 0.25) is 0 Å². The fourth-order valence-electron chi connectivity index (χ4n) is 2.99. The highest BCUT2D eigenvalue weighted by atomic mass is 16.5. The summed E-state index contributed by atoms with van der Waals surface area (Å²) in [5.74, 6) is 0.577. The Balaban J connectivity index is 1.80. The molecular formula is C17H18N4O3. The third-order valence-corrected chi connectivity index (χ3v) is 4.41. The number of nitrogens with zero attached hydrogens (tertiary/aromatic N) is 4. The number of rotatable bonds is 2. The molecule has 0 saturated carbocycles. The van der Waals surface area contributed by atoms with Crippen LogP contribution >= 0.6 is 0 Å². The molecule has 0 atom stereocenters. The zero-order valence-electron chi connectivity index (χ0n) is 13.7. The zero-order valence-corrected chi connectivity index (χ0v) is 13.7. The molecule has 0 bridgehead atoms. The normalized spacial score (nSPS) is 16.0. The molecule has 7 nitrogen and oxygen atoms in total. The molecule has 1 amide bonds. The van der Waals surface area contributed by atoms with Crippen LogP contribution in [-0.4, -0.2) is 59.1 Å². The van der Waals surface area contributed by atoms with Crippen molar-refractivity contribution >= 4 is 17.0 Å². The zero-order chi connectivity index (χ0) is 16.7. The van der Waals surface area contributed by atoms with Gasteiger partial charge in [-0.15, -0.1) is 0 Å². The maximum absolute atomic E-state index is 13.1. The van der Waals surface area contributed by atoms with E-state index in [1.54, 1.807) is 18.4 Å². The molecule has 3 aromatic heterocycles. The van der Waals surface area contributed by atoms with E-state index in [1.165, 1.54) is 0 Å². The molecule has 1 aliphatic heterocycles. The van der Waals surface area contributed by atoms with Gasteiger partial charge in [-0.2, -0.15) is 0 Å². The summed E-state index contributed by atoms with van der Waals surface area (Å²) in [5, 5.41) is 4.65. The lowest BCUT2D eigenvalue weighted by atomic mass is 10.1. The van der Waals surface area contributed by atoms with Crippen molar-refractivity contribution in [2.45, 2.75) is 6.92 Å². The van der Waals surface area contributed by atoms with Crippen molar-refractivity contribution in [1.82, 2.24) is 19.9 Å². The van der Waals surface area contributed by atoms with E-state index in [4.69, 9.17) is 8.94 Å². The monoisotopic (exact) mass is 326 g/mol. The van der Waals surface area contributed by atoms with Gasteiger partial charge in [-0.3, -0.25) is 4.79 Å². The minimum absolute atomic E-state index is 0.0189. The van der Waals surface area contributed by atoms with Gasteiger partial charge in [0.15, 0.2) is 5.76 Å². The van der Waals surface area contributed by atoms with E-state index in [-0.39, 0.29) is 5.91 Å². The van der Waals surface area contributed by atoms with Gasteiger partial charge in [0, 0.05) is 26.2 Å². The molecule has 0 aromatic carbocycles. The summed E-state index contributed by atoms with van der Waals surface area (Å²) in [6.45, 7) is 4.97. The summed E-state index contributed by atoms with van der Waals surface area (Å²) < 4.78 is 10.7. The summed E-state index contributed by atoms with van der Waals surface area (Å²) in [6.07, 6.45) is 1.58. The van der Waals surface area contributed by atoms with Crippen molar-refractivity contribution in [2.24, 2.45) is 0 Å². The van der Waals surface area contributed by atoms with Crippen LogP contribution in [0.1, 0.15) is 16.1 Å². The first-order valence-electron chi connectivity index (χ1n) is 7.92. The summed E-state index contributed by atoms with van der Waals surface area (Å²) in [4.78, 5) is 21.6. The topological polar surface area (TPSA) is 75.6 Å². The number of aromatic nitrogens is 2. The van der Waals surface area contributed by atoms with E-state index in [0.717, 1.165) is 13.1 Å². The number of furan rings is 1. The van der Waals surface area contributed by atoms with Gasteiger partial charge in [0.1, 0.15) is 5.69 Å². The van der Waals surface area contributed by atoms with Gasteiger partial charge in [0.25, 0.3) is 11.6 Å². The first-order chi connectivity index (χ1) is 11.6. The SMILES string of the molecule is Cc1noc2nc(-c3ccco3)cc(C(=O)N3CCN(C)CC3)c12. The van der Waals surface area contributed by atoms with Crippen LogP contribution in [0.15, 0.2) is 33.4 Å². The van der Waals surface area contributed by atoms with Crippen LogP contribution in [0.5, 0.6) is 0 Å². The second kappa shape index (κ2) is 5.76. The van der Waals surface area contributed by atoms with E-state index >= 15 is 0 Å². The summed E-state index contributed by atoms with van der Waals surface area (Å²) >= 11 is 0. The average molecular weight is 326 g/mol. The molecule has 1 fully saturated rings. The van der Waals surface area contributed by atoms with Crippen molar-refractivity contribution in [1.29, 1.82) is 0 Å². The first kappa shape index (κ1) is 14.9. The van der Waals surface area contributed by atoms with Crippen LogP contribution in [0.3, 0.4) is 0 Å². The third-order valence-electron chi connectivity index (χ3n) is 4.41. The Kier molecular flexibility index (Phi) is 3.57. The molecule has 4 rings (SSSR count). The highest BCUT2D eigenvalue weighted by Gasteiger charge is 2.25. The smallest absolute Gasteiger partial charge is 0.259 e. The number of hydrogen-bond donors (Lipinski definition) is 0. The van der Waals surface area contributed by atoms with Crippen molar-refractivity contribution in [3.8, 4) is 11.5 Å². The summed E-state index contributed by atoms with van der Waals surface area (Å²) in [5.41, 5.74) is 2.16. The molecule has 0 spiro atoms. The molecule has 7 heteroatoms. The van der Waals surface area contributed by atoms with Crippen LogP contribution in [0, 0.1) is 6.92 Å². The van der Waals surface area contributed by atoms with Crippen LogP contribution in [0.25, 0.3) is 22.6 Å². The lowest BCUT2D eigenvalue weighted by Gasteiger charge is -2.32. The fraction of sp³-hybridized carbons (Fsp3) is 0.353. The molecule has 4 heterocycles. The van der Waals surface area contributed by atoms with Gasteiger partial charge < -0.3 is 18.7 Å². The Morgan fingerprint density at radius 2 is 2.04 bits per heavy atom. The number of carbonyl (C=O) groups excluding carboxylic acids is 1. The minimum Gasteiger partial charge on any atom is -0.463 e. The van der Waals surface area contributed by atoms with Crippen LogP contribution in [0.2, 0.25) is 0 Å². The quantitative estimate of drug-likeness (QED) is 0.718. The maximum atomic E-state index is 13.1. The van der Waals surface area contributed by atoms with Crippen LogP contribution in [-0.2, 0) is 0 Å². The van der Waals surface area contributed by atoms with E-state index < -0.39 is 0 Å². The predicted octanol–water partition coefficient (Wildman–Crippen LogP) is 2.18. The lowest BCUT2D eigenvalue weighted by Crippen LogP contribution is -2.47. The number of hydrogen-bond acceptors (Lipinski definition) is 6. The average Bonchev–Trinajstić information content (AvgIpc) is 3.24. The van der Waals surface area contributed by atoms with Crippen molar-refractivity contribution in [2.75, 3.05) is 33.2 Å². The molecule has 24 heavy (non-hydrogen) atoms. The molecule has 0 unspecified atom stereocenters. The molecule has 3 aromatic rings. The number of amides is 1. The second-order valence-corrected chi connectivity index (χ2v) is 6.08. The number of pyridine rings is 1. The molecule has 1 saturated heterocycles. The second-order valence-electron chi connectivity index (χ2n) is 6.08. The van der Waals surface area contributed by atoms with Crippen LogP contribution in [0.4, 0.5) is 0 Å². The Morgan fingerprint density at radius 1 is 1.25 bits per heavy atom. The standard InChI is InChI=1S/C17H18N4O3/c1-11-15-12(17(22)21-7-5-20(2)6-8-21)10-13(14-4-3-9-23-14)18-16(15)24-19-11/h3-4,9-10H,5-8H2,1-2H3. The van der Waals surface area contributed by atoms with Crippen molar-refractivity contribution in [3.05, 3.63) is 35.7 Å². The van der Waals surface area contributed by atoms with E-state index in [9.17, 15) is 4.79 Å². The van der Waals surface area contributed by atoms with Crippen molar-refractivity contribution < 1.29 is 13.7 Å². The van der Waals surface area contributed by atoms with Gasteiger partial charge in [-0.1, -0.05) is 5.16 Å². The molecule has 0 radical (unpaired) electrons. The summed E-state index contributed by atoms with van der Waals surface area (Å²) in [7, 11) is 2.06. The number of piperazine rings is 1. The molecular weight excluding hydrogens is 308 g/mol. The van der Waals surface area contributed by atoms with E-state index in [1.807, 2.05) is 17.9 Å². The van der Waals surface area contributed by atoms with Gasteiger partial charge in [-0.05, 0) is 32.2 Å². The molecule has 1 aliphatic rings. The van der Waals surface area contributed by atoms with E-state index in [0.29, 0.717) is 46.9 Å². The fourth-order valence-corrected chi connectivity index (χ4v) is 2.99. The number of aryl methyl sites for hydroxylation is 1. The Bertz CT molecular complexity index is 877. The molecule has 124 valence electrons. The number of fused-ring (bicyclic) bond motifs is 1. The number of likely N-dealkylation sites (N-methyl/N-ethyl adjacent to an activating group) is 1. The van der Waals surface area contributed by atoms with Gasteiger partial charge in [0.05, 0.1) is 22.9 Å². The van der Waals surface area contributed by atoms with Gasteiger partial charge >= 0.3 is 0 Å². The number of carbonyl (C=O) groups is 1. The Morgan fingerprint density at radius 3 is 2.75 bits per heavy atom.